The summed E-state index contributed by atoms with van der Waals surface area (Å²) < 4.78 is 5.59. The van der Waals surface area contributed by atoms with Gasteiger partial charge in [-0.2, -0.15) is 0 Å². The highest BCUT2D eigenvalue weighted by Gasteiger charge is 2.18. The number of benzene rings is 1. The molecule has 0 saturated carbocycles. The van der Waals surface area contributed by atoms with Crippen molar-refractivity contribution in [2.24, 2.45) is 5.73 Å². The molecule has 0 aromatic heterocycles. The minimum Gasteiger partial charge on any atom is -0.375 e. The molecule has 0 aliphatic carbocycles. The summed E-state index contributed by atoms with van der Waals surface area (Å²) in [6.45, 7) is 7.73. The van der Waals surface area contributed by atoms with Gasteiger partial charge in [0.15, 0.2) is 0 Å². The molecule has 2 N–H and O–H groups in total. The Kier molecular flexibility index (Phi) is 4.02. The standard InChI is InChI=1S/C14H22N2O/c1-11-3-4-14(13(9-11)5-6-15)16-7-8-17-12(2)10-16/h3-4,9,12H,5-8,10,15H2,1-2H3. The molecule has 1 aromatic carbocycles. The van der Waals surface area contributed by atoms with Crippen LogP contribution in [0.15, 0.2) is 18.2 Å². The van der Waals surface area contributed by atoms with E-state index in [1.54, 1.807) is 0 Å². The fourth-order valence-corrected chi connectivity index (χ4v) is 2.42. The van der Waals surface area contributed by atoms with Gasteiger partial charge in [-0.05, 0) is 38.4 Å². The van der Waals surface area contributed by atoms with Crippen molar-refractivity contribution < 1.29 is 4.74 Å². The van der Waals surface area contributed by atoms with Crippen molar-refractivity contribution in [3.63, 3.8) is 0 Å². The van der Waals surface area contributed by atoms with E-state index in [0.717, 1.165) is 26.1 Å². The van der Waals surface area contributed by atoms with Crippen molar-refractivity contribution in [2.45, 2.75) is 26.4 Å². The molecule has 0 amide bonds. The maximum Gasteiger partial charge on any atom is 0.0722 e. The van der Waals surface area contributed by atoms with Crippen molar-refractivity contribution in [3.05, 3.63) is 29.3 Å². The van der Waals surface area contributed by atoms with Crippen LogP contribution in [-0.4, -0.2) is 32.3 Å². The van der Waals surface area contributed by atoms with Crippen LogP contribution >= 0.6 is 0 Å². The summed E-state index contributed by atoms with van der Waals surface area (Å²) in [6, 6.07) is 6.65. The third-order valence-corrected chi connectivity index (χ3v) is 3.23. The Balaban J connectivity index is 2.23. The number of anilines is 1. The summed E-state index contributed by atoms with van der Waals surface area (Å²) in [4.78, 5) is 2.42. The van der Waals surface area contributed by atoms with E-state index in [4.69, 9.17) is 10.5 Å². The fraction of sp³-hybridized carbons (Fsp3) is 0.571. The van der Waals surface area contributed by atoms with Gasteiger partial charge in [0.2, 0.25) is 0 Å². The summed E-state index contributed by atoms with van der Waals surface area (Å²) in [5.41, 5.74) is 9.69. The number of hydrogen-bond donors (Lipinski definition) is 1. The Labute approximate surface area is 104 Å². The Hall–Kier alpha value is -1.06. The second-order valence-corrected chi connectivity index (χ2v) is 4.80. The minimum atomic E-state index is 0.316. The third-order valence-electron chi connectivity index (χ3n) is 3.23. The number of rotatable bonds is 3. The lowest BCUT2D eigenvalue weighted by molar-refractivity contribution is 0.0532. The second kappa shape index (κ2) is 5.52. The van der Waals surface area contributed by atoms with Crippen LogP contribution in [0.25, 0.3) is 0 Å². The van der Waals surface area contributed by atoms with Gasteiger partial charge in [0.25, 0.3) is 0 Å². The van der Waals surface area contributed by atoms with Crippen molar-refractivity contribution in [2.75, 3.05) is 31.1 Å². The molecule has 0 radical (unpaired) electrons. The van der Waals surface area contributed by atoms with Gasteiger partial charge in [-0.25, -0.2) is 0 Å². The minimum absolute atomic E-state index is 0.316. The van der Waals surface area contributed by atoms with Gasteiger partial charge >= 0.3 is 0 Å². The molecule has 1 aromatic rings. The molecule has 1 unspecified atom stereocenters. The summed E-state index contributed by atoms with van der Waals surface area (Å²) in [7, 11) is 0. The molecule has 2 rings (SSSR count). The average Bonchev–Trinajstić information content (AvgIpc) is 2.29. The smallest absolute Gasteiger partial charge is 0.0722 e. The topological polar surface area (TPSA) is 38.5 Å². The van der Waals surface area contributed by atoms with Gasteiger partial charge in [-0.1, -0.05) is 17.7 Å². The van der Waals surface area contributed by atoms with Crippen LogP contribution in [0.3, 0.4) is 0 Å². The van der Waals surface area contributed by atoms with E-state index in [1.165, 1.54) is 16.8 Å². The van der Waals surface area contributed by atoms with E-state index >= 15 is 0 Å². The molecular weight excluding hydrogens is 212 g/mol. The number of hydrogen-bond acceptors (Lipinski definition) is 3. The molecule has 3 heteroatoms. The Morgan fingerprint density at radius 2 is 2.29 bits per heavy atom. The summed E-state index contributed by atoms with van der Waals surface area (Å²) in [5.74, 6) is 0. The number of morpholine rings is 1. The number of ether oxygens (including phenoxy) is 1. The van der Waals surface area contributed by atoms with E-state index in [1.807, 2.05) is 0 Å². The first kappa shape index (κ1) is 12.4. The quantitative estimate of drug-likeness (QED) is 0.865. The predicted molar refractivity (Wildman–Crippen MR) is 71.6 cm³/mol. The van der Waals surface area contributed by atoms with Gasteiger partial charge in [0.05, 0.1) is 12.7 Å². The van der Waals surface area contributed by atoms with Crippen LogP contribution in [0.5, 0.6) is 0 Å². The van der Waals surface area contributed by atoms with Gasteiger partial charge in [0, 0.05) is 18.8 Å². The molecule has 3 nitrogen and oxygen atoms in total. The summed E-state index contributed by atoms with van der Waals surface area (Å²) in [5, 5.41) is 0. The third kappa shape index (κ3) is 2.99. The SMILES string of the molecule is Cc1ccc(N2CCOC(C)C2)c(CCN)c1. The highest BCUT2D eigenvalue weighted by Crippen LogP contribution is 2.24. The van der Waals surface area contributed by atoms with Gasteiger partial charge in [-0.3, -0.25) is 0 Å². The maximum atomic E-state index is 5.69. The van der Waals surface area contributed by atoms with Gasteiger partial charge < -0.3 is 15.4 Å². The highest BCUT2D eigenvalue weighted by molar-refractivity contribution is 5.55. The zero-order valence-electron chi connectivity index (χ0n) is 10.8. The van der Waals surface area contributed by atoms with Crippen LogP contribution < -0.4 is 10.6 Å². The second-order valence-electron chi connectivity index (χ2n) is 4.80. The van der Waals surface area contributed by atoms with Gasteiger partial charge in [-0.15, -0.1) is 0 Å². The zero-order chi connectivity index (χ0) is 12.3. The predicted octanol–water partition coefficient (Wildman–Crippen LogP) is 1.72. The normalized spacial score (nSPS) is 20.6. The monoisotopic (exact) mass is 234 g/mol. The van der Waals surface area contributed by atoms with Crippen molar-refractivity contribution >= 4 is 5.69 Å². The Morgan fingerprint density at radius 1 is 1.47 bits per heavy atom. The molecule has 1 fully saturated rings. The molecule has 17 heavy (non-hydrogen) atoms. The van der Waals surface area contributed by atoms with E-state index in [-0.39, 0.29) is 0 Å². The lowest BCUT2D eigenvalue weighted by Crippen LogP contribution is -2.41. The van der Waals surface area contributed by atoms with Crippen LogP contribution in [0.1, 0.15) is 18.1 Å². The molecule has 1 aliphatic heterocycles. The molecule has 1 heterocycles. The summed E-state index contributed by atoms with van der Waals surface area (Å²) >= 11 is 0. The molecule has 1 saturated heterocycles. The van der Waals surface area contributed by atoms with E-state index in [0.29, 0.717) is 12.6 Å². The lowest BCUT2D eigenvalue weighted by atomic mass is 10.0. The number of nitrogens with two attached hydrogens (primary N) is 1. The lowest BCUT2D eigenvalue weighted by Gasteiger charge is -2.34. The average molecular weight is 234 g/mol. The van der Waals surface area contributed by atoms with Crippen molar-refractivity contribution in [1.82, 2.24) is 0 Å². The van der Waals surface area contributed by atoms with E-state index in [9.17, 15) is 0 Å². The van der Waals surface area contributed by atoms with Crippen molar-refractivity contribution in [1.29, 1.82) is 0 Å². The van der Waals surface area contributed by atoms with Crippen LogP contribution in [0, 0.1) is 6.92 Å². The molecule has 1 aliphatic rings. The van der Waals surface area contributed by atoms with E-state index < -0.39 is 0 Å². The molecule has 94 valence electrons. The van der Waals surface area contributed by atoms with Crippen LogP contribution in [0.2, 0.25) is 0 Å². The fourth-order valence-electron chi connectivity index (χ4n) is 2.42. The Morgan fingerprint density at radius 3 is 3.00 bits per heavy atom. The molecular formula is C14H22N2O. The van der Waals surface area contributed by atoms with Crippen molar-refractivity contribution in [3.8, 4) is 0 Å². The van der Waals surface area contributed by atoms with Gasteiger partial charge in [0.1, 0.15) is 0 Å². The molecule has 1 atom stereocenters. The highest BCUT2D eigenvalue weighted by atomic mass is 16.5. The number of aryl methyl sites for hydroxylation is 1. The Bertz CT molecular complexity index is 378. The van der Waals surface area contributed by atoms with E-state index in [2.05, 4.69) is 36.9 Å². The van der Waals surface area contributed by atoms with Crippen LogP contribution in [0.4, 0.5) is 5.69 Å². The molecule has 0 spiro atoms. The summed E-state index contributed by atoms with van der Waals surface area (Å²) in [6.07, 6.45) is 1.26. The van der Waals surface area contributed by atoms with Crippen LogP contribution in [-0.2, 0) is 11.2 Å². The largest absolute Gasteiger partial charge is 0.375 e. The first-order valence-electron chi connectivity index (χ1n) is 6.37. The molecule has 0 bridgehead atoms. The number of nitrogens with zero attached hydrogens (tertiary/aromatic N) is 1. The first-order chi connectivity index (χ1) is 8.20. The maximum absolute atomic E-state index is 5.69. The first-order valence-corrected chi connectivity index (χ1v) is 6.37. The zero-order valence-corrected chi connectivity index (χ0v) is 10.8.